The highest BCUT2D eigenvalue weighted by atomic mass is 15.1. The normalized spacial score (nSPS) is 15.2. The van der Waals surface area contributed by atoms with E-state index in [1.165, 1.54) is 25.7 Å². The van der Waals surface area contributed by atoms with Crippen molar-refractivity contribution >= 4 is 17.6 Å². The maximum Gasteiger partial charge on any atom is 0.223 e. The van der Waals surface area contributed by atoms with Crippen molar-refractivity contribution in [1.29, 1.82) is 0 Å². The highest BCUT2D eigenvalue weighted by molar-refractivity contribution is 5.48. The van der Waals surface area contributed by atoms with E-state index in [9.17, 15) is 0 Å². The molecular weight excluding hydrogens is 190 g/mol. The van der Waals surface area contributed by atoms with Crippen molar-refractivity contribution in [2.75, 3.05) is 23.3 Å². The minimum Gasteiger partial charge on any atom is -0.383 e. The molecule has 0 amide bonds. The smallest absolute Gasteiger partial charge is 0.223 e. The van der Waals surface area contributed by atoms with Gasteiger partial charge in [-0.3, -0.25) is 0 Å². The molecule has 0 radical (unpaired) electrons. The lowest BCUT2D eigenvalue weighted by molar-refractivity contribution is 0.686. The highest BCUT2D eigenvalue weighted by Gasteiger charge is 2.19. The van der Waals surface area contributed by atoms with Gasteiger partial charge >= 0.3 is 0 Å². The van der Waals surface area contributed by atoms with E-state index in [0.29, 0.717) is 5.82 Å². The summed E-state index contributed by atoms with van der Waals surface area (Å²) in [5.41, 5.74) is 11.0. The second kappa shape index (κ2) is 4.33. The molecule has 0 saturated heterocycles. The molecule has 1 heterocycles. The van der Waals surface area contributed by atoms with Crippen LogP contribution in [0.15, 0.2) is 6.07 Å². The van der Waals surface area contributed by atoms with E-state index in [2.05, 4.69) is 15.3 Å². The van der Waals surface area contributed by atoms with Crippen molar-refractivity contribution in [3.8, 4) is 0 Å². The van der Waals surface area contributed by atoms with Gasteiger partial charge in [0, 0.05) is 12.6 Å². The van der Waals surface area contributed by atoms with Gasteiger partial charge in [-0.2, -0.15) is 9.97 Å². The molecule has 1 aliphatic rings. The molecule has 0 atom stereocenters. The quantitative estimate of drug-likeness (QED) is 0.632. The Hall–Kier alpha value is -1.52. The van der Waals surface area contributed by atoms with Crippen LogP contribution in [0.3, 0.4) is 0 Å². The van der Waals surface area contributed by atoms with E-state index in [1.807, 2.05) is 0 Å². The predicted molar refractivity (Wildman–Crippen MR) is 61.3 cm³/mol. The van der Waals surface area contributed by atoms with E-state index in [1.54, 1.807) is 6.07 Å². The van der Waals surface area contributed by atoms with E-state index in [4.69, 9.17) is 11.5 Å². The monoisotopic (exact) mass is 207 g/mol. The molecule has 0 aliphatic heterocycles. The standard InChI is InChI=1S/C10H17N5/c11-8-6-9(15-10(12)14-8)13-5-1-2-7-3-4-7/h6-7H,1-5H2,(H5,11,12,13,14,15). The summed E-state index contributed by atoms with van der Waals surface area (Å²) in [5, 5.41) is 3.20. The second-order valence-electron chi connectivity index (χ2n) is 4.05. The van der Waals surface area contributed by atoms with Crippen LogP contribution in [0.1, 0.15) is 25.7 Å². The lowest BCUT2D eigenvalue weighted by atomic mass is 10.2. The zero-order valence-corrected chi connectivity index (χ0v) is 8.74. The van der Waals surface area contributed by atoms with Crippen LogP contribution in [-0.4, -0.2) is 16.5 Å². The Kier molecular flexibility index (Phi) is 2.89. The molecule has 5 heteroatoms. The average molecular weight is 207 g/mol. The van der Waals surface area contributed by atoms with Gasteiger partial charge in [-0.05, 0) is 18.8 Å². The van der Waals surface area contributed by atoms with Gasteiger partial charge in [0.1, 0.15) is 11.6 Å². The first kappa shape index (κ1) is 10.0. The molecule has 5 N–H and O–H groups in total. The molecule has 1 aliphatic carbocycles. The summed E-state index contributed by atoms with van der Waals surface area (Å²) in [4.78, 5) is 7.85. The summed E-state index contributed by atoms with van der Waals surface area (Å²) in [6, 6.07) is 1.70. The minimum atomic E-state index is 0.222. The van der Waals surface area contributed by atoms with Crippen LogP contribution >= 0.6 is 0 Å². The van der Waals surface area contributed by atoms with Crippen molar-refractivity contribution in [3.05, 3.63) is 6.07 Å². The Morgan fingerprint density at radius 3 is 2.80 bits per heavy atom. The maximum atomic E-state index is 5.55. The lowest BCUT2D eigenvalue weighted by Gasteiger charge is -2.06. The molecule has 2 rings (SSSR count). The van der Waals surface area contributed by atoms with Gasteiger partial charge < -0.3 is 16.8 Å². The van der Waals surface area contributed by atoms with E-state index in [0.717, 1.165) is 18.3 Å². The first-order valence-electron chi connectivity index (χ1n) is 5.38. The Labute approximate surface area is 89.3 Å². The van der Waals surface area contributed by atoms with Gasteiger partial charge in [0.15, 0.2) is 0 Å². The third-order valence-electron chi connectivity index (χ3n) is 2.56. The molecule has 1 saturated carbocycles. The molecule has 1 aromatic rings. The molecule has 1 aromatic heterocycles. The van der Waals surface area contributed by atoms with Crippen molar-refractivity contribution in [2.45, 2.75) is 25.7 Å². The van der Waals surface area contributed by atoms with Crippen LogP contribution in [0.5, 0.6) is 0 Å². The highest BCUT2D eigenvalue weighted by Crippen LogP contribution is 2.33. The van der Waals surface area contributed by atoms with Crippen LogP contribution in [0, 0.1) is 5.92 Å². The van der Waals surface area contributed by atoms with Gasteiger partial charge in [0.05, 0.1) is 0 Å². The Morgan fingerprint density at radius 1 is 1.33 bits per heavy atom. The largest absolute Gasteiger partial charge is 0.383 e. The molecule has 82 valence electrons. The Morgan fingerprint density at radius 2 is 2.13 bits per heavy atom. The number of aromatic nitrogens is 2. The fraction of sp³-hybridized carbons (Fsp3) is 0.600. The number of nitrogens with two attached hydrogens (primary N) is 2. The van der Waals surface area contributed by atoms with Gasteiger partial charge in [-0.25, -0.2) is 0 Å². The first-order chi connectivity index (χ1) is 7.24. The van der Waals surface area contributed by atoms with Gasteiger partial charge in [0.25, 0.3) is 0 Å². The van der Waals surface area contributed by atoms with Crippen LogP contribution in [0.4, 0.5) is 17.6 Å². The summed E-state index contributed by atoms with van der Waals surface area (Å²) >= 11 is 0. The summed E-state index contributed by atoms with van der Waals surface area (Å²) in [6.07, 6.45) is 5.30. The van der Waals surface area contributed by atoms with Crippen LogP contribution in [-0.2, 0) is 0 Å². The number of rotatable bonds is 5. The first-order valence-corrected chi connectivity index (χ1v) is 5.38. The van der Waals surface area contributed by atoms with Gasteiger partial charge in [-0.1, -0.05) is 12.8 Å². The SMILES string of the molecule is Nc1cc(NCCCC2CC2)nc(N)n1. The number of hydrogen-bond acceptors (Lipinski definition) is 5. The third kappa shape index (κ3) is 3.27. The van der Waals surface area contributed by atoms with Gasteiger partial charge in [0.2, 0.25) is 5.95 Å². The summed E-state index contributed by atoms with van der Waals surface area (Å²) < 4.78 is 0. The van der Waals surface area contributed by atoms with E-state index < -0.39 is 0 Å². The van der Waals surface area contributed by atoms with Crippen molar-refractivity contribution in [1.82, 2.24) is 9.97 Å². The maximum absolute atomic E-state index is 5.55. The molecule has 5 nitrogen and oxygen atoms in total. The van der Waals surface area contributed by atoms with Crippen molar-refractivity contribution < 1.29 is 0 Å². The topological polar surface area (TPSA) is 89.8 Å². The van der Waals surface area contributed by atoms with E-state index in [-0.39, 0.29) is 5.95 Å². The van der Waals surface area contributed by atoms with Crippen LogP contribution in [0.25, 0.3) is 0 Å². The Balaban J connectivity index is 1.76. The summed E-state index contributed by atoms with van der Waals surface area (Å²) in [5.74, 6) is 2.33. The van der Waals surface area contributed by atoms with E-state index >= 15 is 0 Å². The number of nitrogen functional groups attached to an aromatic ring is 2. The lowest BCUT2D eigenvalue weighted by Crippen LogP contribution is -2.07. The zero-order chi connectivity index (χ0) is 10.7. The molecular formula is C10H17N5. The number of hydrogen-bond donors (Lipinski definition) is 3. The molecule has 0 unspecified atom stereocenters. The molecule has 0 bridgehead atoms. The summed E-state index contributed by atoms with van der Waals surface area (Å²) in [7, 11) is 0. The second-order valence-corrected chi connectivity index (χ2v) is 4.05. The number of nitrogens with one attached hydrogen (secondary N) is 1. The predicted octanol–water partition coefficient (Wildman–Crippen LogP) is 1.24. The molecule has 0 aromatic carbocycles. The molecule has 0 spiro atoms. The fourth-order valence-corrected chi connectivity index (χ4v) is 1.59. The molecule has 1 fully saturated rings. The summed E-state index contributed by atoms with van der Waals surface area (Å²) in [6.45, 7) is 0.923. The van der Waals surface area contributed by atoms with Crippen molar-refractivity contribution in [2.24, 2.45) is 5.92 Å². The van der Waals surface area contributed by atoms with Gasteiger partial charge in [-0.15, -0.1) is 0 Å². The molecule has 15 heavy (non-hydrogen) atoms. The number of anilines is 3. The fourth-order valence-electron chi connectivity index (χ4n) is 1.59. The third-order valence-corrected chi connectivity index (χ3v) is 2.56. The minimum absolute atomic E-state index is 0.222. The number of nitrogens with zero attached hydrogens (tertiary/aromatic N) is 2. The Bertz CT molecular complexity index is 314. The van der Waals surface area contributed by atoms with Crippen LogP contribution < -0.4 is 16.8 Å². The van der Waals surface area contributed by atoms with Crippen molar-refractivity contribution in [3.63, 3.8) is 0 Å². The average Bonchev–Trinajstić information content (AvgIpc) is 2.94. The zero-order valence-electron chi connectivity index (χ0n) is 8.74. The van der Waals surface area contributed by atoms with Crippen LogP contribution in [0.2, 0.25) is 0 Å².